The molecule has 1 amide bonds. The third kappa shape index (κ3) is 4.32. The molecule has 2 aliphatic heterocycles. The number of hydrogen-bond donors (Lipinski definition) is 1. The molecule has 200 valence electrons. The maximum Gasteiger partial charge on any atom is 0.290 e. The molecule has 1 aromatic carbocycles. The Balaban J connectivity index is 1.18. The average Bonchev–Trinajstić information content (AvgIpc) is 3.73. The lowest BCUT2D eigenvalue weighted by molar-refractivity contribution is -0.145. The van der Waals surface area contributed by atoms with Gasteiger partial charge in [0, 0.05) is 52.4 Å². The number of nitrogens with one attached hydrogen (secondary N) is 1. The molecule has 1 atom stereocenters. The van der Waals surface area contributed by atoms with Crippen molar-refractivity contribution in [2.24, 2.45) is 0 Å². The fraction of sp³-hybridized carbons (Fsp3) is 0.320. The highest BCUT2D eigenvalue weighted by molar-refractivity contribution is 6.38. The topological polar surface area (TPSA) is 130 Å². The van der Waals surface area contributed by atoms with Crippen LogP contribution in [-0.2, 0) is 9.59 Å². The molecule has 5 heterocycles. The Morgan fingerprint density at radius 3 is 2.56 bits per heavy atom. The second-order valence-corrected chi connectivity index (χ2v) is 9.50. The molecule has 1 N–H and O–H groups in total. The van der Waals surface area contributed by atoms with Crippen molar-refractivity contribution in [3.8, 4) is 11.5 Å². The Bertz CT molecular complexity index is 1510. The lowest BCUT2D eigenvalue weighted by atomic mass is 9.96. The Morgan fingerprint density at radius 2 is 1.87 bits per heavy atom. The standard InChI is InChI=1S/C25H26FN11O2/c1-33(2)24-30-25(37(31-24)16-6-4-3-5-7-16)35-12-10-34(11-13-35)23(39)21(38)17-14-27-20-19(17)18(26)15-28-22(20)36-9-8-29-32-36/h3-9,15,17,27H,10-14H2,1-2H3. The minimum absolute atomic E-state index is 0.0949. The summed E-state index contributed by atoms with van der Waals surface area (Å²) in [5.74, 6) is -1.35. The first-order chi connectivity index (χ1) is 18.9. The van der Waals surface area contributed by atoms with Crippen molar-refractivity contribution in [1.82, 2.24) is 39.6 Å². The highest BCUT2D eigenvalue weighted by atomic mass is 19.1. The summed E-state index contributed by atoms with van der Waals surface area (Å²) in [5, 5.41) is 15.3. The number of ketones is 1. The maximum atomic E-state index is 14.9. The van der Waals surface area contributed by atoms with Gasteiger partial charge in [-0.15, -0.1) is 10.2 Å². The van der Waals surface area contributed by atoms with Gasteiger partial charge >= 0.3 is 0 Å². The van der Waals surface area contributed by atoms with Gasteiger partial charge in [-0.3, -0.25) is 9.59 Å². The number of rotatable bonds is 6. The van der Waals surface area contributed by atoms with Crippen LogP contribution in [0.5, 0.6) is 0 Å². The van der Waals surface area contributed by atoms with Gasteiger partial charge in [-0.1, -0.05) is 23.4 Å². The number of fused-ring (bicyclic) bond motifs is 1. The molecule has 2 aliphatic rings. The number of carbonyl (C=O) groups is 2. The summed E-state index contributed by atoms with van der Waals surface area (Å²) >= 11 is 0. The molecule has 1 fully saturated rings. The quantitative estimate of drug-likeness (QED) is 0.358. The first-order valence-corrected chi connectivity index (χ1v) is 12.5. The first kappa shape index (κ1) is 24.5. The zero-order chi connectivity index (χ0) is 27.1. The number of aromatic nitrogens is 7. The maximum absolute atomic E-state index is 14.9. The number of piperazine rings is 1. The van der Waals surface area contributed by atoms with E-state index in [1.807, 2.05) is 54.2 Å². The molecule has 0 radical (unpaired) electrons. The van der Waals surface area contributed by atoms with E-state index < -0.39 is 23.4 Å². The molecule has 4 aromatic rings. The van der Waals surface area contributed by atoms with Crippen molar-refractivity contribution >= 4 is 29.3 Å². The molecule has 0 saturated carbocycles. The van der Waals surface area contributed by atoms with Gasteiger partial charge in [0.15, 0.2) is 5.82 Å². The van der Waals surface area contributed by atoms with Crippen LogP contribution >= 0.6 is 0 Å². The van der Waals surface area contributed by atoms with Gasteiger partial charge in [0.1, 0.15) is 5.82 Å². The number of halogens is 1. The number of anilines is 3. The summed E-state index contributed by atoms with van der Waals surface area (Å²) in [7, 11) is 3.75. The molecular formula is C25H26FN11O2. The number of pyridine rings is 1. The van der Waals surface area contributed by atoms with Gasteiger partial charge in [-0.2, -0.15) is 9.67 Å². The summed E-state index contributed by atoms with van der Waals surface area (Å²) in [6.45, 7) is 1.66. The van der Waals surface area contributed by atoms with Crippen molar-refractivity contribution in [3.05, 3.63) is 60.3 Å². The molecule has 1 saturated heterocycles. The van der Waals surface area contributed by atoms with Crippen LogP contribution < -0.4 is 15.1 Å². The second-order valence-electron chi connectivity index (χ2n) is 9.50. The Hall–Kier alpha value is -4.88. The van der Waals surface area contributed by atoms with Crippen molar-refractivity contribution in [3.63, 3.8) is 0 Å². The largest absolute Gasteiger partial charge is 0.381 e. The Labute approximate surface area is 222 Å². The predicted octanol–water partition coefficient (Wildman–Crippen LogP) is 0.875. The van der Waals surface area contributed by atoms with E-state index in [9.17, 15) is 14.0 Å². The molecule has 3 aromatic heterocycles. The summed E-state index contributed by atoms with van der Waals surface area (Å²) < 4.78 is 18.0. The summed E-state index contributed by atoms with van der Waals surface area (Å²) in [6.07, 6.45) is 4.08. The summed E-state index contributed by atoms with van der Waals surface area (Å²) in [6, 6.07) is 9.70. The Morgan fingerprint density at radius 1 is 1.10 bits per heavy atom. The zero-order valence-electron chi connectivity index (χ0n) is 21.4. The smallest absolute Gasteiger partial charge is 0.290 e. The first-order valence-electron chi connectivity index (χ1n) is 12.5. The minimum Gasteiger partial charge on any atom is -0.381 e. The lowest BCUT2D eigenvalue weighted by Crippen LogP contribution is -2.52. The molecule has 6 rings (SSSR count). The molecule has 0 bridgehead atoms. The highest BCUT2D eigenvalue weighted by Crippen LogP contribution is 2.37. The predicted molar refractivity (Wildman–Crippen MR) is 140 cm³/mol. The monoisotopic (exact) mass is 531 g/mol. The number of para-hydroxylation sites is 1. The molecular weight excluding hydrogens is 505 g/mol. The fourth-order valence-corrected chi connectivity index (χ4v) is 4.88. The minimum atomic E-state index is -0.959. The molecule has 14 heteroatoms. The van der Waals surface area contributed by atoms with Gasteiger partial charge < -0.3 is 20.0 Å². The van der Waals surface area contributed by atoms with Crippen LogP contribution in [0.4, 0.5) is 22.0 Å². The third-order valence-electron chi connectivity index (χ3n) is 6.88. The van der Waals surface area contributed by atoms with E-state index in [2.05, 4.69) is 25.7 Å². The van der Waals surface area contributed by atoms with Gasteiger partial charge in [-0.25, -0.2) is 14.1 Å². The molecule has 0 aliphatic carbocycles. The van der Waals surface area contributed by atoms with Crippen LogP contribution in [0.15, 0.2) is 48.9 Å². The van der Waals surface area contributed by atoms with E-state index in [4.69, 9.17) is 4.98 Å². The van der Waals surface area contributed by atoms with Gasteiger partial charge in [0.25, 0.3) is 5.91 Å². The molecule has 1 unspecified atom stereocenters. The number of benzene rings is 1. The van der Waals surface area contributed by atoms with Crippen LogP contribution in [0.25, 0.3) is 11.5 Å². The Kier molecular flexibility index (Phi) is 6.13. The summed E-state index contributed by atoms with van der Waals surface area (Å²) in [5.41, 5.74) is 1.34. The SMILES string of the molecule is CN(C)c1nc(N2CCN(C(=O)C(=O)C3CNc4c(-n5ccnn5)ncc(F)c43)CC2)n(-c2ccccc2)n1. The van der Waals surface area contributed by atoms with Crippen LogP contribution in [0.2, 0.25) is 0 Å². The number of nitrogens with zero attached hydrogens (tertiary/aromatic N) is 10. The lowest BCUT2D eigenvalue weighted by Gasteiger charge is -2.35. The van der Waals surface area contributed by atoms with E-state index in [0.717, 1.165) is 11.9 Å². The summed E-state index contributed by atoms with van der Waals surface area (Å²) in [4.78, 5) is 40.8. The van der Waals surface area contributed by atoms with Crippen molar-refractivity contribution in [2.45, 2.75) is 5.92 Å². The number of Topliss-reactive ketones (excluding diaryl/α,β-unsaturated/α-hetero) is 1. The van der Waals surface area contributed by atoms with E-state index in [-0.39, 0.29) is 12.1 Å². The van der Waals surface area contributed by atoms with E-state index in [1.165, 1.54) is 15.8 Å². The van der Waals surface area contributed by atoms with Gasteiger partial charge in [0.05, 0.1) is 35.9 Å². The average molecular weight is 532 g/mol. The normalized spacial score (nSPS) is 16.6. The third-order valence-corrected chi connectivity index (χ3v) is 6.88. The van der Waals surface area contributed by atoms with Crippen molar-refractivity contribution in [2.75, 3.05) is 61.9 Å². The number of amides is 1. The van der Waals surface area contributed by atoms with Crippen molar-refractivity contribution in [1.29, 1.82) is 0 Å². The number of carbonyl (C=O) groups excluding carboxylic acids is 2. The molecule has 39 heavy (non-hydrogen) atoms. The molecule has 0 spiro atoms. The van der Waals surface area contributed by atoms with E-state index in [1.54, 1.807) is 10.9 Å². The van der Waals surface area contributed by atoms with Crippen LogP contribution in [-0.4, -0.2) is 98.2 Å². The fourth-order valence-electron chi connectivity index (χ4n) is 4.88. The van der Waals surface area contributed by atoms with E-state index >= 15 is 0 Å². The highest BCUT2D eigenvalue weighted by Gasteiger charge is 2.39. The number of hydrogen-bond acceptors (Lipinski definition) is 10. The van der Waals surface area contributed by atoms with Crippen molar-refractivity contribution < 1.29 is 14.0 Å². The van der Waals surface area contributed by atoms with Crippen LogP contribution in [0.1, 0.15) is 11.5 Å². The zero-order valence-corrected chi connectivity index (χ0v) is 21.4. The van der Waals surface area contributed by atoms with Gasteiger partial charge in [0.2, 0.25) is 17.7 Å². The molecule has 13 nitrogen and oxygen atoms in total. The van der Waals surface area contributed by atoms with Gasteiger partial charge in [-0.05, 0) is 12.1 Å². The van der Waals surface area contributed by atoms with Crippen LogP contribution in [0, 0.1) is 5.82 Å². The second kappa shape index (κ2) is 9.78. The van der Waals surface area contributed by atoms with Crippen LogP contribution in [0.3, 0.4) is 0 Å². The van der Waals surface area contributed by atoms with E-state index in [0.29, 0.717) is 49.6 Å².